The normalized spacial score (nSPS) is 12.0. The number of aryl methyl sites for hydroxylation is 1. The van der Waals surface area contributed by atoms with Gasteiger partial charge >= 0.3 is 0 Å². The summed E-state index contributed by atoms with van der Waals surface area (Å²) in [6, 6.07) is 11.8. The molecule has 2 aromatic carbocycles. The molecule has 0 saturated carbocycles. The summed E-state index contributed by atoms with van der Waals surface area (Å²) in [5.74, 6) is 0. The predicted octanol–water partition coefficient (Wildman–Crippen LogP) is 3.50. The van der Waals surface area contributed by atoms with Gasteiger partial charge in [0.2, 0.25) is 0 Å². The molecule has 0 atom stereocenters. The molecule has 0 spiro atoms. The Bertz CT molecular complexity index is 957. The lowest BCUT2D eigenvalue weighted by Crippen LogP contribution is -2.36. The molecule has 4 nitrogen and oxygen atoms in total. The van der Waals surface area contributed by atoms with E-state index in [-0.39, 0.29) is 5.43 Å². The molecule has 0 saturated heterocycles. The molecule has 1 heterocycles. The largest absolute Gasteiger partial charge is 0.389 e. The lowest BCUT2D eigenvalue weighted by atomic mass is 10.1. The second-order valence-electron chi connectivity index (χ2n) is 6.98. The summed E-state index contributed by atoms with van der Waals surface area (Å²) in [6.45, 7) is 7.52. The fourth-order valence-electron chi connectivity index (χ4n) is 2.86. The average molecular weight is 356 g/mol. The molecule has 132 valence electrons. The fraction of sp³-hybridized carbons (Fsp3) is 0.350. The van der Waals surface area contributed by atoms with Crippen molar-refractivity contribution >= 4 is 37.2 Å². The number of hydrogen-bond acceptors (Lipinski definition) is 5. The third-order valence-corrected chi connectivity index (χ3v) is 5.41. The van der Waals surface area contributed by atoms with Crippen LogP contribution in [0, 0.1) is 6.92 Å². The molecule has 5 heteroatoms. The lowest BCUT2D eigenvalue weighted by molar-refractivity contribution is 0.0804. The molecule has 3 aromatic rings. The standard InChI is InChI=1S/C20H24N2O2S/c1-13-8-9-15(22-11-10-21-12-20(2,3)24)17-18(23)14-6-4-5-7-16(14)25-19(13)17/h4-9,21-22,24H,10-12H2,1-3H3. The van der Waals surface area contributed by atoms with Crippen LogP contribution in [0.5, 0.6) is 0 Å². The van der Waals surface area contributed by atoms with Gasteiger partial charge in [-0.2, -0.15) is 0 Å². The van der Waals surface area contributed by atoms with Gasteiger partial charge in [0.15, 0.2) is 5.43 Å². The molecule has 1 aromatic heterocycles. The Morgan fingerprint density at radius 3 is 2.64 bits per heavy atom. The highest BCUT2D eigenvalue weighted by molar-refractivity contribution is 7.24. The minimum Gasteiger partial charge on any atom is -0.389 e. The maximum absolute atomic E-state index is 13.0. The Hall–Kier alpha value is -1.95. The molecule has 0 unspecified atom stereocenters. The molecule has 0 fully saturated rings. The fourth-order valence-corrected chi connectivity index (χ4v) is 4.03. The summed E-state index contributed by atoms with van der Waals surface area (Å²) < 4.78 is 2.06. The van der Waals surface area contributed by atoms with Gasteiger partial charge in [-0.05, 0) is 44.5 Å². The number of hydrogen-bond donors (Lipinski definition) is 3. The van der Waals surface area contributed by atoms with Crippen molar-refractivity contribution in [2.24, 2.45) is 0 Å². The van der Waals surface area contributed by atoms with E-state index in [2.05, 4.69) is 16.7 Å². The van der Waals surface area contributed by atoms with Crippen LogP contribution in [0.3, 0.4) is 0 Å². The number of benzene rings is 2. The highest BCUT2D eigenvalue weighted by atomic mass is 32.1. The number of nitrogens with one attached hydrogen (secondary N) is 2. The summed E-state index contributed by atoms with van der Waals surface area (Å²) in [5, 5.41) is 17.8. The van der Waals surface area contributed by atoms with E-state index < -0.39 is 5.60 Å². The molecule has 0 aliphatic heterocycles. The van der Waals surface area contributed by atoms with Crippen LogP contribution in [0.2, 0.25) is 0 Å². The zero-order valence-electron chi connectivity index (χ0n) is 14.8. The Kier molecular flexibility index (Phi) is 5.08. The minimum absolute atomic E-state index is 0.0833. The van der Waals surface area contributed by atoms with Crippen LogP contribution in [-0.4, -0.2) is 30.3 Å². The number of aliphatic hydroxyl groups is 1. The van der Waals surface area contributed by atoms with E-state index in [0.717, 1.165) is 31.4 Å². The summed E-state index contributed by atoms with van der Waals surface area (Å²) >= 11 is 1.66. The van der Waals surface area contributed by atoms with Crippen LogP contribution >= 0.6 is 11.3 Å². The molecular formula is C20H24N2O2S. The molecule has 25 heavy (non-hydrogen) atoms. The van der Waals surface area contributed by atoms with Gasteiger partial charge in [-0.1, -0.05) is 18.2 Å². The highest BCUT2D eigenvalue weighted by Gasteiger charge is 2.13. The second-order valence-corrected chi connectivity index (χ2v) is 8.03. The first-order chi connectivity index (χ1) is 11.9. The second kappa shape index (κ2) is 7.12. The monoisotopic (exact) mass is 356 g/mol. The number of anilines is 1. The first kappa shape index (κ1) is 17.9. The number of fused-ring (bicyclic) bond motifs is 2. The smallest absolute Gasteiger partial charge is 0.197 e. The van der Waals surface area contributed by atoms with Crippen molar-refractivity contribution in [3.05, 3.63) is 52.2 Å². The zero-order valence-corrected chi connectivity index (χ0v) is 15.7. The first-order valence-electron chi connectivity index (χ1n) is 8.49. The maximum atomic E-state index is 13.0. The van der Waals surface area contributed by atoms with Gasteiger partial charge in [0, 0.05) is 40.1 Å². The van der Waals surface area contributed by atoms with Gasteiger partial charge in [0.05, 0.1) is 11.0 Å². The van der Waals surface area contributed by atoms with Crippen LogP contribution in [0.4, 0.5) is 5.69 Å². The third kappa shape index (κ3) is 4.00. The molecule has 0 aliphatic carbocycles. The van der Waals surface area contributed by atoms with Gasteiger partial charge in [-0.25, -0.2) is 0 Å². The highest BCUT2D eigenvalue weighted by Crippen LogP contribution is 2.31. The summed E-state index contributed by atoms with van der Waals surface area (Å²) in [5.41, 5.74) is 1.35. The minimum atomic E-state index is -0.723. The van der Waals surface area contributed by atoms with Crippen LogP contribution in [0.1, 0.15) is 19.4 Å². The lowest BCUT2D eigenvalue weighted by Gasteiger charge is -2.18. The van der Waals surface area contributed by atoms with Crippen LogP contribution in [-0.2, 0) is 0 Å². The third-order valence-electron chi connectivity index (χ3n) is 4.10. The Labute approximate surface area is 151 Å². The van der Waals surface area contributed by atoms with Gasteiger partial charge in [-0.15, -0.1) is 11.3 Å². The molecule has 0 radical (unpaired) electrons. The van der Waals surface area contributed by atoms with E-state index >= 15 is 0 Å². The Morgan fingerprint density at radius 2 is 1.88 bits per heavy atom. The Morgan fingerprint density at radius 1 is 1.12 bits per heavy atom. The van der Waals surface area contributed by atoms with Crippen molar-refractivity contribution in [1.82, 2.24) is 5.32 Å². The van der Waals surface area contributed by atoms with Crippen molar-refractivity contribution in [2.75, 3.05) is 25.0 Å². The van der Waals surface area contributed by atoms with Crippen molar-refractivity contribution < 1.29 is 5.11 Å². The van der Waals surface area contributed by atoms with E-state index in [9.17, 15) is 9.90 Å². The van der Waals surface area contributed by atoms with Gasteiger partial charge in [0.1, 0.15) is 0 Å². The van der Waals surface area contributed by atoms with Crippen molar-refractivity contribution in [3.63, 3.8) is 0 Å². The Balaban J connectivity index is 1.90. The van der Waals surface area contributed by atoms with Crippen LogP contribution in [0.15, 0.2) is 41.2 Å². The van der Waals surface area contributed by atoms with E-state index in [1.54, 1.807) is 25.2 Å². The predicted molar refractivity (Wildman–Crippen MR) is 108 cm³/mol. The van der Waals surface area contributed by atoms with Gasteiger partial charge in [0.25, 0.3) is 0 Å². The van der Waals surface area contributed by atoms with Gasteiger partial charge in [-0.3, -0.25) is 4.79 Å². The van der Waals surface area contributed by atoms with Crippen molar-refractivity contribution in [1.29, 1.82) is 0 Å². The summed E-state index contributed by atoms with van der Waals surface area (Å²) in [6.07, 6.45) is 0. The van der Waals surface area contributed by atoms with Crippen LogP contribution in [0.25, 0.3) is 20.2 Å². The van der Waals surface area contributed by atoms with Crippen molar-refractivity contribution in [3.8, 4) is 0 Å². The summed E-state index contributed by atoms with van der Waals surface area (Å²) in [4.78, 5) is 13.0. The summed E-state index contributed by atoms with van der Waals surface area (Å²) in [7, 11) is 0. The quantitative estimate of drug-likeness (QED) is 0.467. The van der Waals surface area contributed by atoms with Crippen LogP contribution < -0.4 is 16.1 Å². The van der Waals surface area contributed by atoms with E-state index in [1.807, 2.05) is 37.3 Å². The molecule has 0 bridgehead atoms. The zero-order chi connectivity index (χ0) is 18.0. The van der Waals surface area contributed by atoms with E-state index in [0.29, 0.717) is 19.6 Å². The molecule has 0 aliphatic rings. The van der Waals surface area contributed by atoms with E-state index in [4.69, 9.17) is 0 Å². The first-order valence-corrected chi connectivity index (χ1v) is 9.30. The maximum Gasteiger partial charge on any atom is 0.197 e. The molecule has 0 amide bonds. The van der Waals surface area contributed by atoms with Crippen molar-refractivity contribution in [2.45, 2.75) is 26.4 Å². The topological polar surface area (TPSA) is 61.4 Å². The molecular weight excluding hydrogens is 332 g/mol. The van der Waals surface area contributed by atoms with Gasteiger partial charge < -0.3 is 15.7 Å². The average Bonchev–Trinajstić information content (AvgIpc) is 2.56. The number of rotatable bonds is 6. The SMILES string of the molecule is Cc1ccc(NCCNCC(C)(C)O)c2c(=O)c3ccccc3sc12. The van der Waals surface area contributed by atoms with E-state index in [1.165, 1.54) is 0 Å². The molecule has 3 rings (SSSR count). The molecule has 3 N–H and O–H groups in total.